The number of hydrogen-bond donors (Lipinski definition) is 1. The number of carbonyl (C=O) groups is 1. The molecule has 82 valence electrons. The van der Waals surface area contributed by atoms with E-state index in [9.17, 15) is 4.79 Å². The lowest BCUT2D eigenvalue weighted by Gasteiger charge is -2.38. The zero-order valence-corrected chi connectivity index (χ0v) is 10.8. The van der Waals surface area contributed by atoms with Crippen LogP contribution in [0.15, 0.2) is 0 Å². The highest BCUT2D eigenvalue weighted by Crippen LogP contribution is 2.36. The van der Waals surface area contributed by atoms with Crippen molar-refractivity contribution < 1.29 is 9.22 Å². The Bertz CT molecular complexity index is 225. The van der Waals surface area contributed by atoms with E-state index in [0.29, 0.717) is 13.0 Å². The van der Waals surface area contributed by atoms with Crippen LogP contribution in [0, 0.1) is 0 Å². The molecule has 0 bridgehead atoms. The van der Waals surface area contributed by atoms with Gasteiger partial charge in [0.25, 0.3) is 0 Å². The molecule has 1 rings (SSSR count). The summed E-state index contributed by atoms with van der Waals surface area (Å²) in [6.45, 7) is 11.8. The number of nitrogens with one attached hydrogen (secondary N) is 1. The molecule has 3 nitrogen and oxygen atoms in total. The van der Waals surface area contributed by atoms with Gasteiger partial charge in [0.05, 0.1) is 12.6 Å². The molecule has 1 saturated heterocycles. The van der Waals surface area contributed by atoms with Gasteiger partial charge in [0.15, 0.2) is 8.32 Å². The van der Waals surface area contributed by atoms with Gasteiger partial charge in [-0.3, -0.25) is 4.79 Å². The molecule has 1 N–H and O–H groups in total. The van der Waals surface area contributed by atoms with Gasteiger partial charge in [0, 0.05) is 6.42 Å². The number of amides is 1. The van der Waals surface area contributed by atoms with Crippen molar-refractivity contribution in [3.63, 3.8) is 0 Å². The summed E-state index contributed by atoms with van der Waals surface area (Å²) in [6, 6.07) is 0.261. The van der Waals surface area contributed by atoms with Crippen LogP contribution in [0.4, 0.5) is 0 Å². The molecule has 0 radical (unpaired) electrons. The van der Waals surface area contributed by atoms with E-state index in [-0.39, 0.29) is 17.0 Å². The number of β-lactam (4-membered cyclic amide) rings is 1. The predicted molar refractivity (Wildman–Crippen MR) is 59.7 cm³/mol. The third kappa shape index (κ3) is 2.57. The van der Waals surface area contributed by atoms with Crippen molar-refractivity contribution in [2.75, 3.05) is 6.61 Å². The number of carbonyl (C=O) groups excluding carboxylic acids is 1. The molecule has 0 spiro atoms. The second-order valence-corrected chi connectivity index (χ2v) is 10.3. The summed E-state index contributed by atoms with van der Waals surface area (Å²) in [4.78, 5) is 10.7. The minimum Gasteiger partial charge on any atom is -0.415 e. The minimum absolute atomic E-state index is 0.147. The van der Waals surface area contributed by atoms with Crippen LogP contribution < -0.4 is 5.32 Å². The van der Waals surface area contributed by atoms with Gasteiger partial charge in [-0.1, -0.05) is 20.8 Å². The van der Waals surface area contributed by atoms with Crippen LogP contribution in [-0.2, 0) is 9.22 Å². The van der Waals surface area contributed by atoms with E-state index in [2.05, 4.69) is 39.2 Å². The maximum absolute atomic E-state index is 10.7. The molecular formula is C10H21NO2Si. The van der Waals surface area contributed by atoms with Crippen LogP contribution in [0.3, 0.4) is 0 Å². The van der Waals surface area contributed by atoms with Gasteiger partial charge < -0.3 is 9.74 Å². The van der Waals surface area contributed by atoms with Crippen LogP contribution >= 0.6 is 0 Å². The summed E-state index contributed by atoms with van der Waals surface area (Å²) in [5.41, 5.74) is 0. The van der Waals surface area contributed by atoms with Crippen molar-refractivity contribution in [2.24, 2.45) is 0 Å². The molecule has 1 fully saturated rings. The fourth-order valence-electron chi connectivity index (χ4n) is 1.06. The molecule has 1 amide bonds. The third-order valence-corrected chi connectivity index (χ3v) is 7.75. The molecule has 1 aliphatic heterocycles. The third-order valence-electron chi connectivity index (χ3n) is 3.25. The SMILES string of the molecule is CC(C)(C)[Si](C)(C)OC[C@@H]1CC(=O)N1. The van der Waals surface area contributed by atoms with E-state index in [1.54, 1.807) is 0 Å². The zero-order chi connectivity index (χ0) is 11.0. The van der Waals surface area contributed by atoms with E-state index in [1.165, 1.54) is 0 Å². The Hall–Kier alpha value is -0.353. The van der Waals surface area contributed by atoms with Crippen molar-refractivity contribution >= 4 is 14.2 Å². The van der Waals surface area contributed by atoms with E-state index < -0.39 is 8.32 Å². The lowest BCUT2D eigenvalue weighted by atomic mass is 10.1. The molecule has 1 atom stereocenters. The quantitative estimate of drug-likeness (QED) is 0.577. The predicted octanol–water partition coefficient (Wildman–Crippen LogP) is 1.90. The van der Waals surface area contributed by atoms with Gasteiger partial charge in [0.1, 0.15) is 0 Å². The molecule has 1 aliphatic rings. The first kappa shape index (κ1) is 11.7. The molecule has 0 aromatic heterocycles. The van der Waals surface area contributed by atoms with Crippen molar-refractivity contribution in [2.45, 2.75) is 51.4 Å². The van der Waals surface area contributed by atoms with Crippen LogP contribution in [0.2, 0.25) is 18.1 Å². The molecule has 4 heteroatoms. The average Bonchev–Trinajstić information content (AvgIpc) is 1.93. The fourth-order valence-corrected chi connectivity index (χ4v) is 2.11. The van der Waals surface area contributed by atoms with Crippen molar-refractivity contribution in [3.8, 4) is 0 Å². The maximum Gasteiger partial charge on any atom is 0.222 e. The summed E-state index contributed by atoms with van der Waals surface area (Å²) < 4.78 is 5.97. The molecule has 0 aromatic rings. The van der Waals surface area contributed by atoms with Gasteiger partial charge >= 0.3 is 0 Å². The van der Waals surface area contributed by atoms with Gasteiger partial charge in [0.2, 0.25) is 5.91 Å². The summed E-state index contributed by atoms with van der Waals surface area (Å²) in [5, 5.41) is 3.08. The second-order valence-electron chi connectivity index (χ2n) is 5.54. The van der Waals surface area contributed by atoms with Crippen LogP contribution in [0.5, 0.6) is 0 Å². The van der Waals surface area contributed by atoms with E-state index >= 15 is 0 Å². The Morgan fingerprint density at radius 3 is 2.36 bits per heavy atom. The van der Waals surface area contributed by atoms with Gasteiger partial charge in [-0.25, -0.2) is 0 Å². The molecule has 0 saturated carbocycles. The van der Waals surface area contributed by atoms with Crippen LogP contribution in [0.1, 0.15) is 27.2 Å². The van der Waals surface area contributed by atoms with Crippen LogP contribution in [-0.4, -0.2) is 26.9 Å². The van der Waals surface area contributed by atoms with E-state index in [4.69, 9.17) is 4.43 Å². The van der Waals surface area contributed by atoms with Crippen molar-refractivity contribution in [1.29, 1.82) is 0 Å². The summed E-state index contributed by atoms with van der Waals surface area (Å²) in [6.07, 6.45) is 0.634. The highest BCUT2D eigenvalue weighted by molar-refractivity contribution is 6.74. The van der Waals surface area contributed by atoms with Crippen LogP contribution in [0.25, 0.3) is 0 Å². The summed E-state index contributed by atoms with van der Waals surface area (Å²) in [5.74, 6) is 0.147. The smallest absolute Gasteiger partial charge is 0.222 e. The van der Waals surface area contributed by atoms with Crippen molar-refractivity contribution in [3.05, 3.63) is 0 Å². The van der Waals surface area contributed by atoms with Gasteiger partial charge in [-0.05, 0) is 18.1 Å². The monoisotopic (exact) mass is 215 g/mol. The minimum atomic E-state index is -1.62. The fraction of sp³-hybridized carbons (Fsp3) is 0.900. The Balaban J connectivity index is 2.33. The molecular weight excluding hydrogens is 194 g/mol. The maximum atomic E-state index is 10.7. The first-order valence-electron chi connectivity index (χ1n) is 5.16. The number of hydrogen-bond acceptors (Lipinski definition) is 2. The molecule has 0 aliphatic carbocycles. The molecule has 0 unspecified atom stereocenters. The van der Waals surface area contributed by atoms with E-state index in [0.717, 1.165) is 0 Å². The highest BCUT2D eigenvalue weighted by atomic mass is 28.4. The van der Waals surface area contributed by atoms with Gasteiger partial charge in [-0.2, -0.15) is 0 Å². The topological polar surface area (TPSA) is 38.3 Å². The summed E-state index contributed by atoms with van der Waals surface area (Å²) >= 11 is 0. The van der Waals surface area contributed by atoms with E-state index in [1.807, 2.05) is 0 Å². The Kier molecular flexibility index (Phi) is 3.06. The molecule has 0 aromatic carbocycles. The highest BCUT2D eigenvalue weighted by Gasteiger charge is 2.38. The lowest BCUT2D eigenvalue weighted by molar-refractivity contribution is -0.128. The molecule has 14 heavy (non-hydrogen) atoms. The summed E-state index contributed by atoms with van der Waals surface area (Å²) in [7, 11) is -1.62. The first-order valence-corrected chi connectivity index (χ1v) is 8.06. The second kappa shape index (κ2) is 3.66. The average molecular weight is 215 g/mol. The number of rotatable bonds is 3. The standard InChI is InChI=1S/C10H21NO2Si/c1-10(2,3)14(4,5)13-7-8-6-9(12)11-8/h8H,6-7H2,1-5H3,(H,11,12)/t8-/m0/s1. The largest absolute Gasteiger partial charge is 0.415 e. The Labute approximate surface area is 87.3 Å². The van der Waals surface area contributed by atoms with Gasteiger partial charge in [-0.15, -0.1) is 0 Å². The normalized spacial score (nSPS) is 22.9. The first-order chi connectivity index (χ1) is 6.22. The lowest BCUT2D eigenvalue weighted by Crippen LogP contribution is -2.53. The Morgan fingerprint density at radius 2 is 2.00 bits per heavy atom. The van der Waals surface area contributed by atoms with Crippen molar-refractivity contribution in [1.82, 2.24) is 5.32 Å². The zero-order valence-electron chi connectivity index (χ0n) is 9.81. The molecule has 1 heterocycles. The Morgan fingerprint density at radius 1 is 1.50 bits per heavy atom.